The highest BCUT2D eigenvalue weighted by Crippen LogP contribution is 2.33. The first-order valence-electron chi connectivity index (χ1n) is 6.43. The van der Waals surface area contributed by atoms with Crippen LogP contribution in [0.5, 0.6) is 0 Å². The third kappa shape index (κ3) is 4.56. The van der Waals surface area contributed by atoms with Crippen molar-refractivity contribution in [2.75, 3.05) is 27.9 Å². The van der Waals surface area contributed by atoms with E-state index >= 15 is 0 Å². The van der Waals surface area contributed by atoms with Gasteiger partial charge in [0.2, 0.25) is 11.7 Å². The summed E-state index contributed by atoms with van der Waals surface area (Å²) in [5.74, 6) is 1.19. The second-order valence-corrected chi connectivity index (χ2v) is 5.67. The first-order valence-corrected chi connectivity index (χ1v) is 6.43. The van der Waals surface area contributed by atoms with E-state index in [1.807, 2.05) is 7.05 Å². The summed E-state index contributed by atoms with van der Waals surface area (Å²) >= 11 is 0. The second kappa shape index (κ2) is 6.98. The van der Waals surface area contributed by atoms with E-state index < -0.39 is 0 Å². The summed E-state index contributed by atoms with van der Waals surface area (Å²) in [5, 5.41) is 7.17. The van der Waals surface area contributed by atoms with Crippen LogP contribution in [0, 0.1) is 5.41 Å². The lowest BCUT2D eigenvalue weighted by molar-refractivity contribution is 0.00718. The Morgan fingerprint density at radius 2 is 2.00 bits per heavy atom. The van der Waals surface area contributed by atoms with Crippen LogP contribution in [-0.2, 0) is 15.9 Å². The van der Waals surface area contributed by atoms with Gasteiger partial charge < -0.3 is 19.3 Å². The van der Waals surface area contributed by atoms with Crippen LogP contribution >= 0.6 is 0 Å². The smallest absolute Gasteiger partial charge is 0.228 e. The molecule has 0 radical (unpaired) electrons. The van der Waals surface area contributed by atoms with E-state index in [1.165, 1.54) is 0 Å². The van der Waals surface area contributed by atoms with Crippen molar-refractivity contribution < 1.29 is 14.0 Å². The molecule has 0 amide bonds. The van der Waals surface area contributed by atoms with Gasteiger partial charge in [-0.05, 0) is 12.5 Å². The van der Waals surface area contributed by atoms with Gasteiger partial charge in [0, 0.05) is 26.7 Å². The van der Waals surface area contributed by atoms with E-state index in [0.717, 1.165) is 0 Å². The van der Waals surface area contributed by atoms with Crippen molar-refractivity contribution in [3.8, 4) is 0 Å². The Hall–Kier alpha value is -0.980. The van der Waals surface area contributed by atoms with Gasteiger partial charge in [-0.3, -0.25) is 0 Å². The summed E-state index contributed by atoms with van der Waals surface area (Å²) in [5.41, 5.74) is -0.0785. The van der Waals surface area contributed by atoms with Gasteiger partial charge in [0.15, 0.2) is 0 Å². The highest BCUT2D eigenvalue weighted by Gasteiger charge is 2.30. The van der Waals surface area contributed by atoms with Gasteiger partial charge in [0.1, 0.15) is 6.10 Å². The minimum absolute atomic E-state index is 0.0785. The number of methoxy groups -OCH3 is 2. The minimum atomic E-state index is -0.180. The average Bonchev–Trinajstić information content (AvgIpc) is 2.75. The number of aromatic nitrogens is 2. The summed E-state index contributed by atoms with van der Waals surface area (Å²) in [6.07, 6.45) is 0.457. The topological polar surface area (TPSA) is 69.4 Å². The van der Waals surface area contributed by atoms with Gasteiger partial charge in [0.05, 0.1) is 6.61 Å². The molecule has 1 heterocycles. The van der Waals surface area contributed by atoms with E-state index in [0.29, 0.717) is 24.7 Å². The van der Waals surface area contributed by atoms with E-state index in [4.69, 9.17) is 14.0 Å². The van der Waals surface area contributed by atoms with Crippen LogP contribution in [0.4, 0.5) is 0 Å². The lowest BCUT2D eigenvalue weighted by Gasteiger charge is -2.26. The number of hydrogen-bond donors (Lipinski definition) is 1. The molecule has 0 saturated heterocycles. The lowest BCUT2D eigenvalue weighted by atomic mass is 9.88. The van der Waals surface area contributed by atoms with Gasteiger partial charge in [-0.2, -0.15) is 4.98 Å². The maximum absolute atomic E-state index is 5.47. The first kappa shape index (κ1) is 16.1. The first-order chi connectivity index (χ1) is 8.92. The van der Waals surface area contributed by atoms with Crippen LogP contribution in [0.1, 0.15) is 38.6 Å². The average molecular weight is 271 g/mol. The fourth-order valence-corrected chi connectivity index (χ4v) is 1.96. The number of likely N-dealkylation sites (N-methyl/N-ethyl adjacent to an activating group) is 1. The molecule has 2 atom stereocenters. The fourth-order valence-electron chi connectivity index (χ4n) is 1.96. The minimum Gasteiger partial charge on any atom is -0.383 e. The van der Waals surface area contributed by atoms with Crippen molar-refractivity contribution in [1.29, 1.82) is 0 Å². The Kier molecular flexibility index (Phi) is 5.90. The van der Waals surface area contributed by atoms with Crippen molar-refractivity contribution in [2.45, 2.75) is 39.3 Å². The van der Waals surface area contributed by atoms with E-state index in [2.05, 4.69) is 36.2 Å². The monoisotopic (exact) mass is 271 g/mol. The standard InChI is InChI=1S/C13H25N3O3/c1-13(2,3)11(18-6)12-15-10(19-16-12)7-9(14-4)8-17-5/h9,11,14H,7-8H2,1-6H3. The van der Waals surface area contributed by atoms with Gasteiger partial charge in [-0.1, -0.05) is 25.9 Å². The zero-order valence-corrected chi connectivity index (χ0v) is 12.7. The van der Waals surface area contributed by atoms with Gasteiger partial charge in [0.25, 0.3) is 0 Å². The number of nitrogens with zero attached hydrogens (tertiary/aromatic N) is 2. The maximum atomic E-state index is 5.47. The molecular weight excluding hydrogens is 246 g/mol. The lowest BCUT2D eigenvalue weighted by Crippen LogP contribution is -2.32. The third-order valence-electron chi connectivity index (χ3n) is 2.94. The van der Waals surface area contributed by atoms with Gasteiger partial charge in [-0.15, -0.1) is 0 Å². The van der Waals surface area contributed by atoms with Crippen molar-refractivity contribution in [2.24, 2.45) is 5.41 Å². The molecular formula is C13H25N3O3. The molecule has 0 spiro atoms. The molecule has 0 fully saturated rings. The molecule has 1 N–H and O–H groups in total. The number of ether oxygens (including phenoxy) is 2. The molecule has 0 bridgehead atoms. The molecule has 0 saturated carbocycles. The highest BCUT2D eigenvalue weighted by atomic mass is 16.5. The van der Waals surface area contributed by atoms with Crippen molar-refractivity contribution >= 4 is 0 Å². The molecule has 0 aromatic carbocycles. The van der Waals surface area contributed by atoms with Crippen LogP contribution in [-0.4, -0.2) is 44.1 Å². The number of hydrogen-bond acceptors (Lipinski definition) is 6. The Labute approximate surface area is 114 Å². The molecule has 0 aliphatic carbocycles. The molecule has 6 heteroatoms. The number of rotatable bonds is 7. The molecule has 6 nitrogen and oxygen atoms in total. The van der Waals surface area contributed by atoms with Crippen LogP contribution in [0.3, 0.4) is 0 Å². The second-order valence-electron chi connectivity index (χ2n) is 5.67. The summed E-state index contributed by atoms with van der Waals surface area (Å²) in [6.45, 7) is 6.84. The molecule has 0 aliphatic heterocycles. The Bertz CT molecular complexity index is 373. The molecule has 1 rings (SSSR count). The zero-order chi connectivity index (χ0) is 14.5. The summed E-state index contributed by atoms with van der Waals surface area (Å²) in [6, 6.07) is 0.161. The van der Waals surface area contributed by atoms with Crippen LogP contribution in [0.15, 0.2) is 4.52 Å². The third-order valence-corrected chi connectivity index (χ3v) is 2.94. The normalized spacial score (nSPS) is 15.5. The van der Waals surface area contributed by atoms with Crippen molar-refractivity contribution in [3.05, 3.63) is 11.7 Å². The van der Waals surface area contributed by atoms with E-state index in [-0.39, 0.29) is 17.6 Å². The van der Waals surface area contributed by atoms with E-state index in [1.54, 1.807) is 14.2 Å². The van der Waals surface area contributed by atoms with Crippen molar-refractivity contribution in [1.82, 2.24) is 15.5 Å². The molecule has 110 valence electrons. The van der Waals surface area contributed by atoms with Crippen molar-refractivity contribution in [3.63, 3.8) is 0 Å². The molecule has 1 aromatic rings. The molecule has 0 aliphatic rings. The largest absolute Gasteiger partial charge is 0.383 e. The van der Waals surface area contributed by atoms with Gasteiger partial charge >= 0.3 is 0 Å². The van der Waals surface area contributed by atoms with Crippen LogP contribution in [0.25, 0.3) is 0 Å². The summed E-state index contributed by atoms with van der Waals surface area (Å²) in [7, 11) is 5.21. The molecule has 19 heavy (non-hydrogen) atoms. The Morgan fingerprint density at radius 3 is 2.47 bits per heavy atom. The molecule has 2 unspecified atom stereocenters. The Morgan fingerprint density at radius 1 is 1.32 bits per heavy atom. The predicted molar refractivity (Wildman–Crippen MR) is 71.9 cm³/mol. The predicted octanol–water partition coefficient (Wildman–Crippen LogP) is 1.58. The summed E-state index contributed by atoms with van der Waals surface area (Å²) < 4.78 is 15.9. The molecule has 1 aromatic heterocycles. The maximum Gasteiger partial charge on any atom is 0.228 e. The zero-order valence-electron chi connectivity index (χ0n) is 12.7. The SMILES string of the molecule is CNC(COC)Cc1nc(C(OC)C(C)(C)C)no1. The highest BCUT2D eigenvalue weighted by molar-refractivity contribution is 4.97. The van der Waals surface area contributed by atoms with Gasteiger partial charge in [-0.25, -0.2) is 0 Å². The van der Waals surface area contributed by atoms with E-state index in [9.17, 15) is 0 Å². The fraction of sp³-hybridized carbons (Fsp3) is 0.846. The Balaban J connectivity index is 2.75. The summed E-state index contributed by atoms with van der Waals surface area (Å²) in [4.78, 5) is 4.42. The van der Waals surface area contributed by atoms with Crippen LogP contribution < -0.4 is 5.32 Å². The number of nitrogens with one attached hydrogen (secondary N) is 1. The van der Waals surface area contributed by atoms with Crippen LogP contribution in [0.2, 0.25) is 0 Å². The quantitative estimate of drug-likeness (QED) is 0.812.